The third-order valence-electron chi connectivity index (χ3n) is 9.15. The molecule has 3 aromatic rings. The van der Waals surface area contributed by atoms with E-state index >= 15 is 0 Å². The fraction of sp³-hybridized carbons (Fsp3) is 0.548. The Morgan fingerprint density at radius 1 is 0.489 bits per heavy atom. The third kappa shape index (κ3) is 8.28. The Bertz CT molecular complexity index is 1400. The number of aliphatic imine (C=N–C) groups is 1. The van der Waals surface area contributed by atoms with Crippen LogP contribution in [0.4, 0.5) is 0 Å². The van der Waals surface area contributed by atoms with E-state index in [0.717, 1.165) is 16.7 Å². The zero-order valence-electron chi connectivity index (χ0n) is 31.2. The first kappa shape index (κ1) is 36.6. The minimum atomic E-state index is -1.45. The van der Waals surface area contributed by atoms with Gasteiger partial charge in [0.05, 0.1) is 6.04 Å². The van der Waals surface area contributed by atoms with Crippen molar-refractivity contribution in [3.05, 3.63) is 99.1 Å². The van der Waals surface area contributed by atoms with E-state index in [2.05, 4.69) is 140 Å². The Balaban J connectivity index is 2.43. The summed E-state index contributed by atoms with van der Waals surface area (Å²) in [5.41, 5.74) is 6.15. The van der Waals surface area contributed by atoms with Crippen molar-refractivity contribution in [2.45, 2.75) is 149 Å². The summed E-state index contributed by atoms with van der Waals surface area (Å²) in [5, 5.41) is 24.1. The first-order valence-electron chi connectivity index (χ1n) is 16.6. The Morgan fingerprint density at radius 3 is 1.11 bits per heavy atom. The lowest BCUT2D eigenvalue weighted by atomic mass is 9.71. The summed E-state index contributed by atoms with van der Waals surface area (Å²) in [7, 11) is 0. The van der Waals surface area contributed by atoms with Crippen LogP contribution in [0.2, 0.25) is 0 Å². The average molecular weight is 612 g/mol. The molecule has 0 spiro atoms. The van der Waals surface area contributed by atoms with E-state index in [4.69, 9.17) is 4.99 Å². The smallest absolute Gasteiger partial charge is 0.137 e. The lowest BCUT2D eigenvalue weighted by Gasteiger charge is -2.38. The molecule has 45 heavy (non-hydrogen) atoms. The van der Waals surface area contributed by atoms with Crippen molar-refractivity contribution in [2.75, 3.05) is 0 Å². The highest BCUT2D eigenvalue weighted by atomic mass is 16.3. The predicted molar refractivity (Wildman–Crippen MR) is 195 cm³/mol. The zero-order valence-corrected chi connectivity index (χ0v) is 31.2. The van der Waals surface area contributed by atoms with Gasteiger partial charge in [0.1, 0.15) is 11.4 Å². The summed E-state index contributed by atoms with van der Waals surface area (Å²) < 4.78 is 0. The highest BCUT2D eigenvalue weighted by Crippen LogP contribution is 2.42. The van der Waals surface area contributed by atoms with Crippen LogP contribution in [-0.4, -0.2) is 22.5 Å². The number of hydrogen-bond acceptors (Lipinski definition) is 3. The Hall–Kier alpha value is -2.91. The van der Waals surface area contributed by atoms with Crippen LogP contribution < -0.4 is 0 Å². The number of phenols is 1. The van der Waals surface area contributed by atoms with E-state index < -0.39 is 11.6 Å². The summed E-state index contributed by atoms with van der Waals surface area (Å²) in [5.74, 6) is 0.178. The molecular formula is C42H61NO2. The van der Waals surface area contributed by atoms with Crippen molar-refractivity contribution < 1.29 is 10.2 Å². The minimum Gasteiger partial charge on any atom is -0.507 e. The number of benzene rings is 3. The van der Waals surface area contributed by atoms with Crippen LogP contribution in [0.15, 0.2) is 59.6 Å². The van der Waals surface area contributed by atoms with Crippen molar-refractivity contribution in [2.24, 2.45) is 4.99 Å². The number of aromatic hydroxyl groups is 1. The van der Waals surface area contributed by atoms with Crippen LogP contribution in [0.3, 0.4) is 0 Å². The molecule has 3 heteroatoms. The molecule has 0 fully saturated rings. The second kappa shape index (κ2) is 12.0. The summed E-state index contributed by atoms with van der Waals surface area (Å²) in [6, 6.07) is 18.4. The van der Waals surface area contributed by atoms with Crippen molar-refractivity contribution in [1.29, 1.82) is 0 Å². The predicted octanol–water partition coefficient (Wildman–Crippen LogP) is 10.6. The third-order valence-corrected chi connectivity index (χ3v) is 9.15. The van der Waals surface area contributed by atoms with Crippen LogP contribution in [0.5, 0.6) is 5.75 Å². The van der Waals surface area contributed by atoms with Crippen molar-refractivity contribution in [3.8, 4) is 5.75 Å². The molecule has 0 aliphatic rings. The molecule has 0 aromatic heterocycles. The summed E-state index contributed by atoms with van der Waals surface area (Å²) >= 11 is 0. The first-order valence-corrected chi connectivity index (χ1v) is 16.6. The Morgan fingerprint density at radius 2 is 0.800 bits per heavy atom. The van der Waals surface area contributed by atoms with Gasteiger partial charge in [-0.1, -0.05) is 146 Å². The first-order chi connectivity index (χ1) is 20.1. The molecule has 246 valence electrons. The molecule has 0 amide bonds. The van der Waals surface area contributed by atoms with Crippen molar-refractivity contribution >= 4 is 6.21 Å². The summed E-state index contributed by atoms with van der Waals surface area (Å²) in [6.07, 6.45) is 1.73. The average Bonchev–Trinajstić information content (AvgIpc) is 2.88. The lowest BCUT2D eigenvalue weighted by molar-refractivity contribution is 0.0583. The Labute approximate surface area is 275 Å². The van der Waals surface area contributed by atoms with Gasteiger partial charge in [0, 0.05) is 11.8 Å². The lowest BCUT2D eigenvalue weighted by Crippen LogP contribution is -2.39. The van der Waals surface area contributed by atoms with E-state index in [9.17, 15) is 10.2 Å². The van der Waals surface area contributed by atoms with E-state index in [1.165, 1.54) is 22.3 Å². The highest BCUT2D eigenvalue weighted by Gasteiger charge is 2.41. The topological polar surface area (TPSA) is 52.8 Å². The SMILES string of the molecule is C[C@H](N=Cc1cc(C(C)(C)C)ccc1O)C(O)(c1cc(C(C)(C)C)cc(C(C)(C)C)c1)c1cc(C(C)(C)C)cc(C(C)(C)C)c1. The highest BCUT2D eigenvalue weighted by molar-refractivity contribution is 5.84. The van der Waals surface area contributed by atoms with E-state index in [0.29, 0.717) is 5.56 Å². The molecule has 0 unspecified atom stereocenters. The van der Waals surface area contributed by atoms with Crippen LogP contribution >= 0.6 is 0 Å². The zero-order chi connectivity index (χ0) is 34.6. The molecule has 2 N–H and O–H groups in total. The Kier molecular flexibility index (Phi) is 9.77. The monoisotopic (exact) mass is 611 g/mol. The van der Waals surface area contributed by atoms with Crippen LogP contribution in [0.25, 0.3) is 0 Å². The van der Waals surface area contributed by atoms with Crippen molar-refractivity contribution in [3.63, 3.8) is 0 Å². The standard InChI is InChI=1S/C42H61NO2/c1-27(43-26-28-19-29(37(2,3)4)17-18-36(28)44)42(45,34-22-30(38(5,6)7)20-31(23-34)39(8,9)10)35-24-32(40(11,12)13)21-33(25-35)41(14,15)16/h17-27,44-45H,1-16H3/t27-/m0/s1. The van der Waals surface area contributed by atoms with Crippen LogP contribution in [-0.2, 0) is 32.7 Å². The van der Waals surface area contributed by atoms with Gasteiger partial charge in [-0.2, -0.15) is 0 Å². The van der Waals surface area contributed by atoms with E-state index in [1.54, 1.807) is 12.3 Å². The van der Waals surface area contributed by atoms with Gasteiger partial charge in [0.2, 0.25) is 0 Å². The van der Waals surface area contributed by atoms with Gasteiger partial charge < -0.3 is 10.2 Å². The second-order valence-corrected chi connectivity index (χ2v) is 18.3. The molecule has 0 saturated carbocycles. The number of nitrogens with zero attached hydrogens (tertiary/aromatic N) is 1. The van der Waals surface area contributed by atoms with Crippen molar-refractivity contribution in [1.82, 2.24) is 0 Å². The number of aliphatic hydroxyl groups is 1. The fourth-order valence-corrected chi connectivity index (χ4v) is 5.50. The van der Waals surface area contributed by atoms with Gasteiger partial charge in [-0.15, -0.1) is 0 Å². The molecule has 0 aliphatic heterocycles. The molecule has 3 nitrogen and oxygen atoms in total. The quantitative estimate of drug-likeness (QED) is 0.282. The summed E-state index contributed by atoms with van der Waals surface area (Å²) in [6.45, 7) is 35.2. The van der Waals surface area contributed by atoms with Gasteiger partial charge in [0.15, 0.2) is 0 Å². The van der Waals surface area contributed by atoms with Crippen LogP contribution in [0.1, 0.15) is 155 Å². The van der Waals surface area contributed by atoms with E-state index in [1.807, 2.05) is 19.1 Å². The molecule has 1 atom stereocenters. The molecule has 3 aromatic carbocycles. The van der Waals surface area contributed by atoms with Gasteiger partial charge in [0.25, 0.3) is 0 Å². The molecule has 0 aliphatic carbocycles. The molecule has 0 heterocycles. The molecule has 3 rings (SSSR count). The molecule has 0 saturated heterocycles. The second-order valence-electron chi connectivity index (χ2n) is 18.3. The molecular weight excluding hydrogens is 550 g/mol. The van der Waals surface area contributed by atoms with Gasteiger partial charge in [-0.3, -0.25) is 4.99 Å². The maximum Gasteiger partial charge on any atom is 0.137 e. The molecule has 0 bridgehead atoms. The van der Waals surface area contributed by atoms with Gasteiger partial charge in [-0.05, 0) is 85.1 Å². The largest absolute Gasteiger partial charge is 0.507 e. The number of rotatable bonds is 5. The van der Waals surface area contributed by atoms with Gasteiger partial charge >= 0.3 is 0 Å². The van der Waals surface area contributed by atoms with Gasteiger partial charge in [-0.25, -0.2) is 0 Å². The maximum absolute atomic E-state index is 13.3. The fourth-order valence-electron chi connectivity index (χ4n) is 5.50. The maximum atomic E-state index is 13.3. The summed E-state index contributed by atoms with van der Waals surface area (Å²) in [4.78, 5) is 5.04. The normalized spacial score (nSPS) is 14.7. The number of hydrogen-bond donors (Lipinski definition) is 2. The van der Waals surface area contributed by atoms with E-state index in [-0.39, 0.29) is 32.8 Å². The minimum absolute atomic E-state index is 0.0733. The van der Waals surface area contributed by atoms with Crippen LogP contribution in [0, 0.1) is 0 Å². The number of phenolic OH excluding ortho intramolecular Hbond substituents is 1. The molecule has 0 radical (unpaired) electrons.